The van der Waals surface area contributed by atoms with Gasteiger partial charge in [0, 0.05) is 0 Å². The van der Waals surface area contributed by atoms with E-state index in [1.165, 1.54) is 0 Å². The summed E-state index contributed by atoms with van der Waals surface area (Å²) in [5.41, 5.74) is 0.531. The zero-order valence-corrected chi connectivity index (χ0v) is 7.42. The van der Waals surface area contributed by atoms with Crippen LogP contribution in [-0.4, -0.2) is 11.3 Å². The van der Waals surface area contributed by atoms with Gasteiger partial charge in [-0.1, -0.05) is 12.1 Å². The van der Waals surface area contributed by atoms with Crippen molar-refractivity contribution in [2.75, 3.05) is 0 Å². The van der Waals surface area contributed by atoms with Gasteiger partial charge in [-0.25, -0.2) is 4.99 Å². The van der Waals surface area contributed by atoms with Crippen LogP contribution in [0.4, 0.5) is 5.69 Å². The summed E-state index contributed by atoms with van der Waals surface area (Å²) in [5.74, 6) is 0.823. The summed E-state index contributed by atoms with van der Waals surface area (Å²) < 4.78 is 5.06. The fourth-order valence-electron chi connectivity index (χ4n) is 1.07. The Balaban J connectivity index is 2.23. The lowest BCUT2D eigenvalue weighted by Gasteiger charge is -1.95. The molecule has 14 heavy (non-hydrogen) atoms. The topological polar surface area (TPSA) is 45.7 Å². The zero-order valence-electron chi connectivity index (χ0n) is 7.42. The van der Waals surface area contributed by atoms with Gasteiger partial charge in [0.05, 0.1) is 12.5 Å². The maximum atomic E-state index is 9.39. The first-order chi connectivity index (χ1) is 6.86. The van der Waals surface area contributed by atoms with Crippen LogP contribution in [0, 0.1) is 0 Å². The first-order valence-corrected chi connectivity index (χ1v) is 4.22. The second-order valence-electron chi connectivity index (χ2n) is 2.76. The van der Waals surface area contributed by atoms with E-state index < -0.39 is 0 Å². The van der Waals surface area contributed by atoms with Crippen molar-refractivity contribution in [2.45, 2.75) is 0 Å². The van der Waals surface area contributed by atoms with E-state index in [0.29, 0.717) is 11.4 Å². The number of phenols is 1. The van der Waals surface area contributed by atoms with Gasteiger partial charge in [-0.15, -0.1) is 0 Å². The summed E-state index contributed by atoms with van der Waals surface area (Å²) in [6.45, 7) is 0. The van der Waals surface area contributed by atoms with Crippen LogP contribution in [0.3, 0.4) is 0 Å². The maximum absolute atomic E-state index is 9.39. The van der Waals surface area contributed by atoms with Gasteiger partial charge in [-0.05, 0) is 24.3 Å². The number of aromatic hydroxyl groups is 1. The molecule has 3 nitrogen and oxygen atoms in total. The van der Waals surface area contributed by atoms with Crippen LogP contribution in [0.2, 0.25) is 0 Å². The number of nitrogens with zero attached hydrogens (tertiary/aromatic N) is 1. The zero-order chi connectivity index (χ0) is 9.80. The summed E-state index contributed by atoms with van der Waals surface area (Å²) in [6.07, 6.45) is 3.14. The highest BCUT2D eigenvalue weighted by atomic mass is 16.3. The largest absolute Gasteiger partial charge is 0.506 e. The van der Waals surface area contributed by atoms with E-state index in [0.717, 1.165) is 0 Å². The smallest absolute Gasteiger partial charge is 0.144 e. The number of rotatable bonds is 2. The number of para-hydroxylation sites is 2. The number of aliphatic imine (C=N–C) groups is 1. The van der Waals surface area contributed by atoms with Crippen molar-refractivity contribution in [3.05, 3.63) is 48.4 Å². The molecule has 1 aromatic carbocycles. The van der Waals surface area contributed by atoms with Crippen LogP contribution in [-0.2, 0) is 0 Å². The maximum Gasteiger partial charge on any atom is 0.144 e. The van der Waals surface area contributed by atoms with Crippen molar-refractivity contribution in [3.63, 3.8) is 0 Å². The van der Waals surface area contributed by atoms with Crippen LogP contribution in [0.1, 0.15) is 5.76 Å². The summed E-state index contributed by atoms with van der Waals surface area (Å²) in [4.78, 5) is 4.08. The highest BCUT2D eigenvalue weighted by Crippen LogP contribution is 2.24. The summed E-state index contributed by atoms with van der Waals surface area (Å²) in [7, 11) is 0. The van der Waals surface area contributed by atoms with Crippen molar-refractivity contribution in [3.8, 4) is 5.75 Å². The van der Waals surface area contributed by atoms with E-state index in [4.69, 9.17) is 4.42 Å². The summed E-state index contributed by atoms with van der Waals surface area (Å²) in [6, 6.07) is 10.5. The van der Waals surface area contributed by atoms with Crippen molar-refractivity contribution >= 4 is 11.9 Å². The third-order valence-corrected chi connectivity index (χ3v) is 1.76. The normalized spacial score (nSPS) is 10.9. The van der Waals surface area contributed by atoms with E-state index in [2.05, 4.69) is 4.99 Å². The minimum absolute atomic E-state index is 0.162. The third kappa shape index (κ3) is 1.82. The lowest BCUT2D eigenvalue weighted by atomic mass is 10.3. The Morgan fingerprint density at radius 3 is 2.71 bits per heavy atom. The van der Waals surface area contributed by atoms with Gasteiger partial charge in [0.15, 0.2) is 0 Å². The van der Waals surface area contributed by atoms with Crippen molar-refractivity contribution in [1.82, 2.24) is 0 Å². The van der Waals surface area contributed by atoms with Crippen molar-refractivity contribution < 1.29 is 9.52 Å². The summed E-state index contributed by atoms with van der Waals surface area (Å²) >= 11 is 0. The first-order valence-electron chi connectivity index (χ1n) is 4.22. The van der Waals surface area contributed by atoms with Crippen LogP contribution in [0.15, 0.2) is 52.1 Å². The predicted molar refractivity (Wildman–Crippen MR) is 54.1 cm³/mol. The Kier molecular flexibility index (Phi) is 2.32. The molecule has 1 aromatic heterocycles. The lowest BCUT2D eigenvalue weighted by molar-refractivity contribution is 0.477. The Morgan fingerprint density at radius 1 is 1.14 bits per heavy atom. The summed E-state index contributed by atoms with van der Waals surface area (Å²) in [5, 5.41) is 9.39. The average Bonchev–Trinajstić information content (AvgIpc) is 2.69. The SMILES string of the molecule is Oc1ccccc1N=Cc1ccco1. The second-order valence-corrected chi connectivity index (χ2v) is 2.76. The molecule has 1 N–H and O–H groups in total. The molecule has 0 saturated carbocycles. The van der Waals surface area contributed by atoms with E-state index in [9.17, 15) is 5.11 Å². The van der Waals surface area contributed by atoms with Gasteiger partial charge < -0.3 is 9.52 Å². The van der Waals surface area contributed by atoms with Crippen LogP contribution < -0.4 is 0 Å². The van der Waals surface area contributed by atoms with Gasteiger partial charge in [-0.3, -0.25) is 0 Å². The number of hydrogen-bond acceptors (Lipinski definition) is 3. The number of furan rings is 1. The molecule has 0 aliphatic rings. The molecule has 0 bridgehead atoms. The molecule has 0 radical (unpaired) electrons. The monoisotopic (exact) mass is 187 g/mol. The third-order valence-electron chi connectivity index (χ3n) is 1.76. The average molecular weight is 187 g/mol. The van der Waals surface area contributed by atoms with Gasteiger partial charge >= 0.3 is 0 Å². The molecule has 0 amide bonds. The minimum Gasteiger partial charge on any atom is -0.506 e. The van der Waals surface area contributed by atoms with Gasteiger partial charge in [-0.2, -0.15) is 0 Å². The molecule has 1 heterocycles. The van der Waals surface area contributed by atoms with Gasteiger partial charge in [0.1, 0.15) is 17.2 Å². The molecule has 0 aliphatic heterocycles. The van der Waals surface area contributed by atoms with E-state index in [1.54, 1.807) is 42.8 Å². The van der Waals surface area contributed by atoms with E-state index in [1.807, 2.05) is 6.07 Å². The van der Waals surface area contributed by atoms with E-state index >= 15 is 0 Å². The lowest BCUT2D eigenvalue weighted by Crippen LogP contribution is -1.73. The number of benzene rings is 1. The number of phenolic OH excluding ortho intramolecular Hbond substituents is 1. The molecular formula is C11H9NO2. The quantitative estimate of drug-likeness (QED) is 0.734. The molecule has 0 aliphatic carbocycles. The van der Waals surface area contributed by atoms with Crippen molar-refractivity contribution in [2.24, 2.45) is 4.99 Å². The predicted octanol–water partition coefficient (Wildman–Crippen LogP) is 2.74. The standard InChI is InChI=1S/C11H9NO2/c13-11-6-2-1-5-10(11)12-8-9-4-3-7-14-9/h1-8,13H. The first kappa shape index (κ1) is 8.56. The Hall–Kier alpha value is -2.03. The highest BCUT2D eigenvalue weighted by Gasteiger charge is 1.95. The van der Waals surface area contributed by atoms with Gasteiger partial charge in [0.25, 0.3) is 0 Å². The number of hydrogen-bond donors (Lipinski definition) is 1. The molecule has 0 saturated heterocycles. The molecule has 3 heteroatoms. The van der Waals surface area contributed by atoms with Crippen LogP contribution in [0.5, 0.6) is 5.75 Å². The fraction of sp³-hybridized carbons (Fsp3) is 0. The minimum atomic E-state index is 0.162. The Bertz CT molecular complexity index is 432. The van der Waals surface area contributed by atoms with Gasteiger partial charge in [0.2, 0.25) is 0 Å². The molecule has 0 atom stereocenters. The molecule has 0 unspecified atom stereocenters. The molecule has 0 spiro atoms. The highest BCUT2D eigenvalue weighted by molar-refractivity contribution is 5.79. The Morgan fingerprint density at radius 2 is 2.00 bits per heavy atom. The molecular weight excluding hydrogens is 178 g/mol. The molecule has 2 rings (SSSR count). The van der Waals surface area contributed by atoms with Crippen molar-refractivity contribution in [1.29, 1.82) is 0 Å². The molecule has 70 valence electrons. The molecule has 2 aromatic rings. The van der Waals surface area contributed by atoms with Crippen LogP contribution >= 0.6 is 0 Å². The fourth-order valence-corrected chi connectivity index (χ4v) is 1.07. The molecule has 0 fully saturated rings. The Labute approximate surface area is 81.3 Å². The van der Waals surface area contributed by atoms with Crippen LogP contribution in [0.25, 0.3) is 0 Å². The van der Waals surface area contributed by atoms with E-state index in [-0.39, 0.29) is 5.75 Å². The second kappa shape index (κ2) is 3.79.